The van der Waals surface area contributed by atoms with E-state index in [4.69, 9.17) is 9.47 Å². The van der Waals surface area contributed by atoms with Crippen molar-refractivity contribution in [3.63, 3.8) is 0 Å². The number of carbonyl (C=O) groups is 1. The SMILES string of the molecule is Cc1ccc(S(=O)(=O)N(CC(=O)NN=Cc2ccc3c(c2)OCO3)Cc2ccccc2)cc1. The number of benzene rings is 3. The third-order valence-corrected chi connectivity index (χ3v) is 6.79. The van der Waals surface area contributed by atoms with Crippen LogP contribution in [-0.2, 0) is 21.4 Å². The highest BCUT2D eigenvalue weighted by atomic mass is 32.2. The highest BCUT2D eigenvalue weighted by Gasteiger charge is 2.27. The van der Waals surface area contributed by atoms with Crippen molar-refractivity contribution in [3.05, 3.63) is 89.5 Å². The molecule has 1 aliphatic rings. The van der Waals surface area contributed by atoms with Crippen molar-refractivity contribution in [2.75, 3.05) is 13.3 Å². The molecule has 0 saturated heterocycles. The number of rotatable bonds is 8. The van der Waals surface area contributed by atoms with Crippen LogP contribution >= 0.6 is 0 Å². The number of ether oxygens (including phenoxy) is 2. The van der Waals surface area contributed by atoms with Crippen LogP contribution < -0.4 is 14.9 Å². The maximum atomic E-state index is 13.3. The van der Waals surface area contributed by atoms with Gasteiger partial charge >= 0.3 is 0 Å². The van der Waals surface area contributed by atoms with Gasteiger partial charge in [-0.3, -0.25) is 4.79 Å². The molecule has 0 aromatic heterocycles. The first-order valence-corrected chi connectivity index (χ1v) is 11.7. The molecule has 0 saturated carbocycles. The van der Waals surface area contributed by atoms with Gasteiger partial charge in [0, 0.05) is 6.54 Å². The first-order valence-electron chi connectivity index (χ1n) is 10.2. The number of nitrogens with one attached hydrogen (secondary N) is 1. The molecular formula is C24H23N3O5S. The van der Waals surface area contributed by atoms with Crippen molar-refractivity contribution in [2.24, 2.45) is 5.10 Å². The lowest BCUT2D eigenvalue weighted by atomic mass is 10.2. The van der Waals surface area contributed by atoms with Crippen LogP contribution in [-0.4, -0.2) is 38.2 Å². The maximum absolute atomic E-state index is 13.3. The first kappa shape index (κ1) is 22.5. The maximum Gasteiger partial charge on any atom is 0.255 e. The number of fused-ring (bicyclic) bond motifs is 1. The van der Waals surface area contributed by atoms with E-state index < -0.39 is 15.9 Å². The molecule has 1 N–H and O–H groups in total. The summed E-state index contributed by atoms with van der Waals surface area (Å²) < 4.78 is 38.3. The normalized spacial score (nSPS) is 12.9. The lowest BCUT2D eigenvalue weighted by molar-refractivity contribution is -0.121. The molecule has 0 radical (unpaired) electrons. The highest BCUT2D eigenvalue weighted by molar-refractivity contribution is 7.89. The zero-order valence-electron chi connectivity index (χ0n) is 18.0. The van der Waals surface area contributed by atoms with Crippen LogP contribution in [0.4, 0.5) is 0 Å². The summed E-state index contributed by atoms with van der Waals surface area (Å²) in [4.78, 5) is 12.7. The second kappa shape index (κ2) is 9.85. The quantitative estimate of drug-likeness (QED) is 0.407. The summed E-state index contributed by atoms with van der Waals surface area (Å²) in [7, 11) is -3.90. The van der Waals surface area contributed by atoms with Gasteiger partial charge in [0.2, 0.25) is 16.8 Å². The molecular weight excluding hydrogens is 442 g/mol. The second-order valence-corrected chi connectivity index (χ2v) is 9.42. The lowest BCUT2D eigenvalue weighted by Gasteiger charge is -2.21. The Kier molecular flexibility index (Phi) is 6.71. The average molecular weight is 466 g/mol. The molecule has 0 bridgehead atoms. The summed E-state index contributed by atoms with van der Waals surface area (Å²) in [5.74, 6) is 0.691. The van der Waals surface area contributed by atoms with E-state index in [0.717, 1.165) is 15.4 Å². The fourth-order valence-corrected chi connectivity index (χ4v) is 4.62. The molecule has 1 heterocycles. The van der Waals surface area contributed by atoms with Crippen molar-refractivity contribution < 1.29 is 22.7 Å². The third-order valence-electron chi connectivity index (χ3n) is 4.98. The monoisotopic (exact) mass is 465 g/mol. The number of hydrogen-bond acceptors (Lipinski definition) is 6. The summed E-state index contributed by atoms with van der Waals surface area (Å²) in [6.45, 7) is 1.71. The molecule has 0 unspecified atom stereocenters. The Hall–Kier alpha value is -3.69. The summed E-state index contributed by atoms with van der Waals surface area (Å²) in [6, 6.07) is 20.9. The topological polar surface area (TPSA) is 97.3 Å². The Bertz CT molecular complexity index is 1260. The van der Waals surface area contributed by atoms with E-state index in [1.807, 2.05) is 37.3 Å². The zero-order valence-corrected chi connectivity index (χ0v) is 18.8. The van der Waals surface area contributed by atoms with Gasteiger partial charge < -0.3 is 9.47 Å². The van der Waals surface area contributed by atoms with Crippen LogP contribution in [0.2, 0.25) is 0 Å². The zero-order chi connectivity index (χ0) is 23.3. The molecule has 3 aromatic carbocycles. The molecule has 1 aliphatic heterocycles. The Morgan fingerprint density at radius 2 is 1.76 bits per heavy atom. The van der Waals surface area contributed by atoms with Crippen molar-refractivity contribution in [1.82, 2.24) is 9.73 Å². The van der Waals surface area contributed by atoms with Crippen molar-refractivity contribution in [2.45, 2.75) is 18.4 Å². The van der Waals surface area contributed by atoms with Gasteiger partial charge in [-0.05, 0) is 48.4 Å². The molecule has 8 nitrogen and oxygen atoms in total. The van der Waals surface area contributed by atoms with E-state index >= 15 is 0 Å². The number of amides is 1. The Labute approximate surface area is 192 Å². The van der Waals surface area contributed by atoms with Crippen LogP contribution in [0.3, 0.4) is 0 Å². The molecule has 9 heteroatoms. The van der Waals surface area contributed by atoms with E-state index in [9.17, 15) is 13.2 Å². The molecule has 1 amide bonds. The fraction of sp³-hybridized carbons (Fsp3) is 0.167. The average Bonchev–Trinajstić information content (AvgIpc) is 3.28. The summed E-state index contributed by atoms with van der Waals surface area (Å²) in [5.41, 5.74) is 4.81. The van der Waals surface area contributed by atoms with Gasteiger partial charge in [0.1, 0.15) is 0 Å². The van der Waals surface area contributed by atoms with Crippen molar-refractivity contribution >= 4 is 22.1 Å². The number of hydrazone groups is 1. The largest absolute Gasteiger partial charge is 0.454 e. The van der Waals surface area contributed by atoms with Crippen LogP contribution in [0.5, 0.6) is 11.5 Å². The number of nitrogens with zero attached hydrogens (tertiary/aromatic N) is 2. The van der Waals surface area contributed by atoms with E-state index in [1.54, 1.807) is 42.5 Å². The lowest BCUT2D eigenvalue weighted by Crippen LogP contribution is -2.39. The standard InChI is InChI=1S/C24H23N3O5S/c1-18-7-10-21(11-8-18)33(29,30)27(15-19-5-3-2-4-6-19)16-24(28)26-25-14-20-9-12-22-23(13-20)32-17-31-22/h2-14H,15-17H2,1H3,(H,26,28). The first-order chi connectivity index (χ1) is 15.9. The van der Waals surface area contributed by atoms with Gasteiger partial charge in [-0.1, -0.05) is 48.0 Å². The van der Waals surface area contributed by atoms with E-state index in [0.29, 0.717) is 17.1 Å². The molecule has 170 valence electrons. The van der Waals surface area contributed by atoms with Crippen LogP contribution in [0.15, 0.2) is 82.8 Å². The van der Waals surface area contributed by atoms with Crippen molar-refractivity contribution in [3.8, 4) is 11.5 Å². The third kappa shape index (κ3) is 5.57. The van der Waals surface area contributed by atoms with Crippen molar-refractivity contribution in [1.29, 1.82) is 0 Å². The van der Waals surface area contributed by atoms with E-state index in [2.05, 4.69) is 10.5 Å². The molecule has 33 heavy (non-hydrogen) atoms. The van der Waals surface area contributed by atoms with Gasteiger partial charge in [0.25, 0.3) is 5.91 Å². The van der Waals surface area contributed by atoms with Crippen LogP contribution in [0.1, 0.15) is 16.7 Å². The predicted octanol–water partition coefficient (Wildman–Crippen LogP) is 3.06. The van der Waals surface area contributed by atoms with Crippen LogP contribution in [0.25, 0.3) is 0 Å². The smallest absolute Gasteiger partial charge is 0.255 e. The summed E-state index contributed by atoms with van der Waals surface area (Å²) >= 11 is 0. The Balaban J connectivity index is 1.48. The molecule has 3 aromatic rings. The Morgan fingerprint density at radius 1 is 1.03 bits per heavy atom. The molecule has 0 fully saturated rings. The molecule has 0 aliphatic carbocycles. The highest BCUT2D eigenvalue weighted by Crippen LogP contribution is 2.32. The fourth-order valence-electron chi connectivity index (χ4n) is 3.24. The second-order valence-electron chi connectivity index (χ2n) is 7.48. The Morgan fingerprint density at radius 3 is 2.52 bits per heavy atom. The number of hydrogen-bond donors (Lipinski definition) is 1. The van der Waals surface area contributed by atoms with Gasteiger partial charge in [-0.25, -0.2) is 13.8 Å². The van der Waals surface area contributed by atoms with E-state index in [1.165, 1.54) is 6.21 Å². The number of carbonyl (C=O) groups excluding carboxylic acids is 1. The number of aryl methyl sites for hydroxylation is 1. The molecule has 4 rings (SSSR count). The summed E-state index contributed by atoms with van der Waals surface area (Å²) in [6.07, 6.45) is 1.45. The minimum Gasteiger partial charge on any atom is -0.454 e. The minimum atomic E-state index is -3.90. The van der Waals surface area contributed by atoms with Crippen LogP contribution in [0, 0.1) is 6.92 Å². The summed E-state index contributed by atoms with van der Waals surface area (Å²) in [5, 5.41) is 3.95. The molecule has 0 atom stereocenters. The minimum absolute atomic E-state index is 0.0519. The van der Waals surface area contributed by atoms with Gasteiger partial charge in [0.15, 0.2) is 11.5 Å². The van der Waals surface area contributed by atoms with Gasteiger partial charge in [0.05, 0.1) is 17.7 Å². The number of sulfonamides is 1. The van der Waals surface area contributed by atoms with Gasteiger partial charge in [-0.15, -0.1) is 0 Å². The predicted molar refractivity (Wildman–Crippen MR) is 124 cm³/mol. The van der Waals surface area contributed by atoms with E-state index in [-0.39, 0.29) is 24.8 Å². The van der Waals surface area contributed by atoms with Gasteiger partial charge in [-0.2, -0.15) is 9.41 Å². The molecule has 0 spiro atoms.